The Morgan fingerprint density at radius 2 is 2.04 bits per heavy atom. The number of rotatable bonds is 9. The summed E-state index contributed by atoms with van der Waals surface area (Å²) in [6.45, 7) is 0. The van der Waals surface area contributed by atoms with E-state index < -0.39 is 0 Å². The van der Waals surface area contributed by atoms with Crippen LogP contribution < -0.4 is 16.0 Å². The van der Waals surface area contributed by atoms with Gasteiger partial charge in [0.25, 0.3) is 0 Å². The van der Waals surface area contributed by atoms with E-state index in [1.165, 1.54) is 25.7 Å². The van der Waals surface area contributed by atoms with Gasteiger partial charge in [0.2, 0.25) is 11.9 Å². The number of unbranched alkanes of at least 4 members (excludes halogenated alkanes) is 1. The Morgan fingerprint density at radius 1 is 1.18 bits per heavy atom. The fourth-order valence-corrected chi connectivity index (χ4v) is 6.11. The first-order valence-corrected chi connectivity index (χ1v) is 11.6. The summed E-state index contributed by atoms with van der Waals surface area (Å²) in [6, 6.07) is 0.454. The SMILES string of the molecule is O=C(CCCC[C@@H]1SC[C@H]2NC(=O)N[C@@H]12)Nc1n[nH]c(CCC2CCCC2)n1. The Bertz CT molecular complexity index is 690. The van der Waals surface area contributed by atoms with Gasteiger partial charge >= 0.3 is 6.03 Å². The molecule has 2 aliphatic heterocycles. The second kappa shape index (κ2) is 9.15. The number of hydrogen-bond donors (Lipinski definition) is 4. The molecule has 3 heterocycles. The zero-order valence-corrected chi connectivity index (χ0v) is 17.0. The van der Waals surface area contributed by atoms with Crippen molar-refractivity contribution in [2.75, 3.05) is 11.1 Å². The molecule has 9 heteroatoms. The van der Waals surface area contributed by atoms with Crippen molar-refractivity contribution in [3.05, 3.63) is 5.82 Å². The van der Waals surface area contributed by atoms with Gasteiger partial charge < -0.3 is 10.6 Å². The Labute approximate surface area is 169 Å². The second-order valence-electron chi connectivity index (χ2n) is 8.21. The first-order valence-electron chi connectivity index (χ1n) is 10.6. The van der Waals surface area contributed by atoms with Crippen LogP contribution in [0.5, 0.6) is 0 Å². The molecule has 0 bridgehead atoms. The number of carbonyl (C=O) groups is 2. The van der Waals surface area contributed by atoms with Gasteiger partial charge in [-0.05, 0) is 25.2 Å². The molecule has 4 N–H and O–H groups in total. The number of thioether (sulfide) groups is 1. The van der Waals surface area contributed by atoms with Crippen molar-refractivity contribution in [2.24, 2.45) is 5.92 Å². The Morgan fingerprint density at radius 3 is 2.89 bits per heavy atom. The van der Waals surface area contributed by atoms with Crippen LogP contribution in [-0.4, -0.2) is 50.2 Å². The maximum Gasteiger partial charge on any atom is 0.315 e. The first-order chi connectivity index (χ1) is 13.7. The minimum atomic E-state index is -0.0474. The van der Waals surface area contributed by atoms with E-state index in [9.17, 15) is 9.59 Å². The molecular formula is C19H30N6O2S. The van der Waals surface area contributed by atoms with E-state index in [2.05, 4.69) is 31.1 Å². The summed E-state index contributed by atoms with van der Waals surface area (Å²) >= 11 is 1.91. The summed E-state index contributed by atoms with van der Waals surface area (Å²) in [4.78, 5) is 27.9. The molecule has 3 atom stereocenters. The quantitative estimate of drug-likeness (QED) is 0.372. The van der Waals surface area contributed by atoms with E-state index in [0.29, 0.717) is 17.6 Å². The lowest BCUT2D eigenvalue weighted by Crippen LogP contribution is -2.36. The van der Waals surface area contributed by atoms with Crippen molar-refractivity contribution in [1.29, 1.82) is 0 Å². The fraction of sp³-hybridized carbons (Fsp3) is 0.789. The number of aromatic nitrogens is 3. The number of nitrogens with zero attached hydrogens (tertiary/aromatic N) is 2. The maximum atomic E-state index is 12.1. The van der Waals surface area contributed by atoms with Gasteiger partial charge in [0.05, 0.1) is 12.1 Å². The van der Waals surface area contributed by atoms with Gasteiger partial charge in [0.1, 0.15) is 5.82 Å². The van der Waals surface area contributed by atoms with Crippen molar-refractivity contribution in [3.8, 4) is 0 Å². The Balaban J connectivity index is 1.11. The largest absolute Gasteiger partial charge is 0.332 e. The number of urea groups is 1. The van der Waals surface area contributed by atoms with Crippen LogP contribution in [0, 0.1) is 5.92 Å². The van der Waals surface area contributed by atoms with Gasteiger partial charge in [0, 0.05) is 23.8 Å². The van der Waals surface area contributed by atoms with Crippen LogP contribution in [0.15, 0.2) is 0 Å². The molecule has 154 valence electrons. The van der Waals surface area contributed by atoms with Gasteiger partial charge in [-0.3, -0.25) is 15.2 Å². The fourth-order valence-electron chi connectivity index (χ4n) is 4.56. The topological polar surface area (TPSA) is 112 Å². The standard InChI is InChI=1S/C19H30N6O2S/c26-16(8-4-3-7-14-17-13(11-28-14)20-19(27)23-17)22-18-21-15(24-25-18)10-9-12-5-1-2-6-12/h12-14,17H,1-11H2,(H2,20,23,27)(H2,21,22,24,25,26)/t13-,14+,17-/m1/s1. The summed E-state index contributed by atoms with van der Waals surface area (Å²) < 4.78 is 0. The van der Waals surface area contributed by atoms with E-state index in [-0.39, 0.29) is 24.0 Å². The molecule has 2 saturated heterocycles. The van der Waals surface area contributed by atoms with Crippen LogP contribution in [0.3, 0.4) is 0 Å². The van der Waals surface area contributed by atoms with Crippen LogP contribution in [0.2, 0.25) is 0 Å². The smallest absolute Gasteiger partial charge is 0.315 e. The molecule has 0 radical (unpaired) electrons. The molecule has 3 fully saturated rings. The third kappa shape index (κ3) is 4.98. The van der Waals surface area contributed by atoms with Gasteiger partial charge in [-0.25, -0.2) is 4.79 Å². The van der Waals surface area contributed by atoms with E-state index in [1.54, 1.807) is 0 Å². The minimum Gasteiger partial charge on any atom is -0.332 e. The van der Waals surface area contributed by atoms with Crippen LogP contribution in [0.25, 0.3) is 0 Å². The van der Waals surface area contributed by atoms with Crippen molar-refractivity contribution in [2.45, 2.75) is 81.5 Å². The van der Waals surface area contributed by atoms with Crippen LogP contribution >= 0.6 is 11.8 Å². The minimum absolute atomic E-state index is 0.0332. The molecule has 3 aliphatic rings. The highest BCUT2D eigenvalue weighted by molar-refractivity contribution is 8.00. The number of carbonyl (C=O) groups excluding carboxylic acids is 2. The predicted octanol–water partition coefficient (Wildman–Crippen LogP) is 2.59. The Kier molecular flexibility index (Phi) is 6.39. The summed E-state index contributed by atoms with van der Waals surface area (Å²) in [7, 11) is 0. The highest BCUT2D eigenvalue weighted by atomic mass is 32.2. The number of H-pyrrole nitrogens is 1. The molecule has 0 unspecified atom stereocenters. The van der Waals surface area contributed by atoms with Crippen molar-refractivity contribution in [3.63, 3.8) is 0 Å². The van der Waals surface area contributed by atoms with Gasteiger partial charge in [-0.1, -0.05) is 32.1 Å². The van der Waals surface area contributed by atoms with Crippen LogP contribution in [-0.2, 0) is 11.2 Å². The third-order valence-corrected chi connectivity index (χ3v) is 7.64. The van der Waals surface area contributed by atoms with E-state index in [4.69, 9.17) is 0 Å². The lowest BCUT2D eigenvalue weighted by Gasteiger charge is -2.16. The van der Waals surface area contributed by atoms with Crippen molar-refractivity contribution in [1.82, 2.24) is 25.8 Å². The molecule has 0 aromatic carbocycles. The highest BCUT2D eigenvalue weighted by Crippen LogP contribution is 2.33. The van der Waals surface area contributed by atoms with Crippen molar-refractivity contribution < 1.29 is 9.59 Å². The number of fused-ring (bicyclic) bond motifs is 1. The van der Waals surface area contributed by atoms with Gasteiger partial charge in [-0.15, -0.1) is 5.10 Å². The molecule has 1 aromatic rings. The van der Waals surface area contributed by atoms with E-state index in [1.807, 2.05) is 11.8 Å². The number of nitrogens with one attached hydrogen (secondary N) is 4. The monoisotopic (exact) mass is 406 g/mol. The lowest BCUT2D eigenvalue weighted by molar-refractivity contribution is -0.116. The molecule has 8 nitrogen and oxygen atoms in total. The van der Waals surface area contributed by atoms with Crippen molar-refractivity contribution >= 4 is 29.6 Å². The normalized spacial score (nSPS) is 26.9. The number of aromatic amines is 1. The third-order valence-electron chi connectivity index (χ3n) is 6.13. The predicted molar refractivity (Wildman–Crippen MR) is 109 cm³/mol. The molecular weight excluding hydrogens is 376 g/mol. The van der Waals surface area contributed by atoms with Gasteiger partial charge in [-0.2, -0.15) is 16.7 Å². The number of aryl methyl sites for hydroxylation is 1. The molecule has 3 amide bonds. The number of hydrogen-bond acceptors (Lipinski definition) is 5. The van der Waals surface area contributed by atoms with E-state index >= 15 is 0 Å². The van der Waals surface area contributed by atoms with E-state index in [0.717, 1.165) is 49.6 Å². The summed E-state index contributed by atoms with van der Waals surface area (Å²) in [5.41, 5.74) is 0. The Hall–Kier alpha value is -1.77. The average Bonchev–Trinajstić information content (AvgIpc) is 3.43. The van der Waals surface area contributed by atoms with Crippen LogP contribution in [0.4, 0.5) is 10.7 Å². The lowest BCUT2D eigenvalue weighted by atomic mass is 10.0. The summed E-state index contributed by atoms with van der Waals surface area (Å²) in [5, 5.41) is 16.3. The molecule has 0 spiro atoms. The first kappa shape index (κ1) is 19.5. The molecule has 28 heavy (non-hydrogen) atoms. The zero-order chi connectivity index (χ0) is 19.3. The second-order valence-corrected chi connectivity index (χ2v) is 9.48. The number of amides is 3. The number of anilines is 1. The molecule has 1 aliphatic carbocycles. The molecule has 1 aromatic heterocycles. The maximum absolute atomic E-state index is 12.1. The van der Waals surface area contributed by atoms with Gasteiger partial charge in [0.15, 0.2) is 0 Å². The highest BCUT2D eigenvalue weighted by Gasteiger charge is 2.42. The average molecular weight is 407 g/mol. The van der Waals surface area contributed by atoms with Crippen LogP contribution in [0.1, 0.15) is 63.6 Å². The molecule has 1 saturated carbocycles. The summed E-state index contributed by atoms with van der Waals surface area (Å²) in [5.74, 6) is 3.02. The molecule has 4 rings (SSSR count). The summed E-state index contributed by atoms with van der Waals surface area (Å²) in [6.07, 6.45) is 10.7. The zero-order valence-electron chi connectivity index (χ0n) is 16.2.